The van der Waals surface area contributed by atoms with Crippen molar-refractivity contribution >= 4 is 11.8 Å². The molecule has 0 radical (unpaired) electrons. The summed E-state index contributed by atoms with van der Waals surface area (Å²) in [5, 5.41) is 5.19. The van der Waals surface area contributed by atoms with Crippen LogP contribution in [0.15, 0.2) is 0 Å². The Morgan fingerprint density at radius 2 is 2.00 bits per heavy atom. The normalized spacial score (nSPS) is 11.9. The highest BCUT2D eigenvalue weighted by Gasteiger charge is 2.07. The van der Waals surface area contributed by atoms with E-state index in [2.05, 4.69) is 10.6 Å². The fourth-order valence-corrected chi connectivity index (χ4v) is 0.841. The number of amides is 2. The maximum absolute atomic E-state index is 11.1. The van der Waals surface area contributed by atoms with Gasteiger partial charge in [0.05, 0.1) is 12.6 Å². The Hall–Kier alpha value is -1.14. The molecule has 0 aliphatic carbocycles. The van der Waals surface area contributed by atoms with E-state index in [1.54, 1.807) is 14.0 Å². The van der Waals surface area contributed by atoms with Gasteiger partial charge in [-0.05, 0) is 6.92 Å². The molecule has 0 heterocycles. The van der Waals surface area contributed by atoms with E-state index in [-0.39, 0.29) is 18.2 Å². The van der Waals surface area contributed by atoms with Crippen molar-refractivity contribution in [1.29, 1.82) is 0 Å². The largest absolute Gasteiger partial charge is 0.383 e. The highest BCUT2D eigenvalue weighted by atomic mass is 16.5. The minimum absolute atomic E-state index is 0.114. The van der Waals surface area contributed by atoms with Gasteiger partial charge in [0, 0.05) is 26.6 Å². The summed E-state index contributed by atoms with van der Waals surface area (Å²) in [6.45, 7) is 2.86. The molecule has 1 atom stereocenters. The predicted octanol–water partition coefficient (Wildman–Crippen LogP) is -1.40. The summed E-state index contributed by atoms with van der Waals surface area (Å²) in [6.07, 6.45) is 0.252. The van der Waals surface area contributed by atoms with Gasteiger partial charge in [0.15, 0.2) is 0 Å². The summed E-state index contributed by atoms with van der Waals surface area (Å²) in [5.41, 5.74) is 5.32. The zero-order valence-corrected chi connectivity index (χ0v) is 9.21. The van der Waals surface area contributed by atoms with E-state index >= 15 is 0 Å². The van der Waals surface area contributed by atoms with Crippen molar-refractivity contribution in [2.24, 2.45) is 5.73 Å². The van der Waals surface area contributed by atoms with Crippen molar-refractivity contribution in [1.82, 2.24) is 10.6 Å². The first kappa shape index (κ1) is 13.9. The highest BCUT2D eigenvalue weighted by molar-refractivity contribution is 5.82. The number of rotatable bonds is 7. The van der Waals surface area contributed by atoms with Crippen LogP contribution in [0.4, 0.5) is 0 Å². The van der Waals surface area contributed by atoms with E-state index < -0.39 is 6.04 Å². The highest BCUT2D eigenvalue weighted by Crippen LogP contribution is 1.80. The topological polar surface area (TPSA) is 93.5 Å². The first-order chi connectivity index (χ1) is 7.07. The molecule has 0 spiro atoms. The predicted molar refractivity (Wildman–Crippen MR) is 56.2 cm³/mol. The third-order valence-corrected chi connectivity index (χ3v) is 1.69. The first-order valence-corrected chi connectivity index (χ1v) is 4.87. The molecule has 0 saturated heterocycles. The van der Waals surface area contributed by atoms with E-state index in [1.165, 1.54) is 0 Å². The van der Waals surface area contributed by atoms with Crippen LogP contribution < -0.4 is 16.4 Å². The zero-order valence-electron chi connectivity index (χ0n) is 9.21. The fraction of sp³-hybridized carbons (Fsp3) is 0.778. The molecule has 0 rings (SSSR count). The van der Waals surface area contributed by atoms with Gasteiger partial charge < -0.3 is 21.1 Å². The summed E-state index contributed by atoms with van der Waals surface area (Å²) < 4.78 is 4.77. The average Bonchev–Trinajstić information content (AvgIpc) is 2.18. The second kappa shape index (κ2) is 8.19. The Morgan fingerprint density at radius 3 is 2.53 bits per heavy atom. The van der Waals surface area contributed by atoms with Crippen molar-refractivity contribution in [2.75, 3.05) is 26.8 Å². The van der Waals surface area contributed by atoms with Crippen LogP contribution in [0.25, 0.3) is 0 Å². The summed E-state index contributed by atoms with van der Waals surface area (Å²) in [5.74, 6) is -0.364. The second-order valence-electron chi connectivity index (χ2n) is 3.17. The molecule has 0 aromatic carbocycles. The third kappa shape index (κ3) is 7.90. The molecule has 0 fully saturated rings. The van der Waals surface area contributed by atoms with Crippen molar-refractivity contribution in [3.8, 4) is 0 Å². The quantitative estimate of drug-likeness (QED) is 0.457. The van der Waals surface area contributed by atoms with Gasteiger partial charge in [-0.15, -0.1) is 0 Å². The smallest absolute Gasteiger partial charge is 0.236 e. The molecule has 88 valence electrons. The molecule has 0 saturated carbocycles. The van der Waals surface area contributed by atoms with Crippen LogP contribution in [0.1, 0.15) is 13.3 Å². The molecule has 0 aliphatic rings. The minimum atomic E-state index is -0.540. The Kier molecular flexibility index (Phi) is 7.57. The van der Waals surface area contributed by atoms with E-state index in [4.69, 9.17) is 10.5 Å². The van der Waals surface area contributed by atoms with Gasteiger partial charge >= 0.3 is 0 Å². The van der Waals surface area contributed by atoms with Crippen molar-refractivity contribution in [3.63, 3.8) is 0 Å². The molecule has 4 N–H and O–H groups in total. The Labute approximate surface area is 89.5 Å². The van der Waals surface area contributed by atoms with Crippen LogP contribution in [0.3, 0.4) is 0 Å². The summed E-state index contributed by atoms with van der Waals surface area (Å²) >= 11 is 0. The molecule has 0 aromatic heterocycles. The van der Waals surface area contributed by atoms with Crippen LogP contribution in [-0.4, -0.2) is 44.7 Å². The number of ether oxygens (including phenoxy) is 1. The molecular formula is C9H19N3O3. The number of hydrogen-bond donors (Lipinski definition) is 3. The van der Waals surface area contributed by atoms with Gasteiger partial charge in [0.1, 0.15) is 0 Å². The maximum atomic E-state index is 11.1. The molecule has 1 unspecified atom stereocenters. The molecule has 6 heteroatoms. The van der Waals surface area contributed by atoms with Gasteiger partial charge in [-0.25, -0.2) is 0 Å². The SMILES string of the molecule is COCCNC(=O)CCNC(=O)C(C)N. The first-order valence-electron chi connectivity index (χ1n) is 4.87. The monoisotopic (exact) mass is 217 g/mol. The molecule has 2 amide bonds. The number of methoxy groups -OCH3 is 1. The van der Waals surface area contributed by atoms with Crippen LogP contribution in [0, 0.1) is 0 Å². The lowest BCUT2D eigenvalue weighted by Gasteiger charge is -2.07. The van der Waals surface area contributed by atoms with Crippen molar-refractivity contribution < 1.29 is 14.3 Å². The van der Waals surface area contributed by atoms with E-state index in [1.807, 2.05) is 0 Å². The van der Waals surface area contributed by atoms with Crippen LogP contribution in [0.2, 0.25) is 0 Å². The zero-order chi connectivity index (χ0) is 11.7. The lowest BCUT2D eigenvalue weighted by Crippen LogP contribution is -2.40. The standard InChI is InChI=1S/C9H19N3O3/c1-7(10)9(14)12-4-3-8(13)11-5-6-15-2/h7H,3-6,10H2,1-2H3,(H,11,13)(H,12,14). The van der Waals surface area contributed by atoms with Crippen LogP contribution in [-0.2, 0) is 14.3 Å². The molecule has 6 nitrogen and oxygen atoms in total. The Balaban J connectivity index is 3.42. The summed E-state index contributed by atoms with van der Waals surface area (Å²) in [4.78, 5) is 22.1. The minimum Gasteiger partial charge on any atom is -0.383 e. The number of carbonyl (C=O) groups is 2. The van der Waals surface area contributed by atoms with Gasteiger partial charge in [-0.2, -0.15) is 0 Å². The van der Waals surface area contributed by atoms with E-state index in [0.717, 1.165) is 0 Å². The maximum Gasteiger partial charge on any atom is 0.236 e. The molecule has 15 heavy (non-hydrogen) atoms. The molecule has 0 bridgehead atoms. The molecular weight excluding hydrogens is 198 g/mol. The lowest BCUT2D eigenvalue weighted by molar-refractivity contribution is -0.123. The second-order valence-corrected chi connectivity index (χ2v) is 3.17. The number of hydrogen-bond acceptors (Lipinski definition) is 4. The average molecular weight is 217 g/mol. The van der Waals surface area contributed by atoms with Crippen molar-refractivity contribution in [3.05, 3.63) is 0 Å². The van der Waals surface area contributed by atoms with Gasteiger partial charge in [-0.1, -0.05) is 0 Å². The lowest BCUT2D eigenvalue weighted by atomic mass is 10.3. The number of carbonyl (C=O) groups excluding carboxylic acids is 2. The van der Waals surface area contributed by atoms with Gasteiger partial charge in [0.2, 0.25) is 11.8 Å². The van der Waals surface area contributed by atoms with E-state index in [9.17, 15) is 9.59 Å². The summed E-state index contributed by atoms with van der Waals surface area (Å²) in [7, 11) is 1.56. The van der Waals surface area contributed by atoms with E-state index in [0.29, 0.717) is 19.7 Å². The fourth-order valence-electron chi connectivity index (χ4n) is 0.841. The Bertz CT molecular complexity index is 207. The third-order valence-electron chi connectivity index (χ3n) is 1.69. The van der Waals surface area contributed by atoms with Crippen molar-refractivity contribution in [2.45, 2.75) is 19.4 Å². The molecule has 0 aliphatic heterocycles. The Morgan fingerprint density at radius 1 is 1.33 bits per heavy atom. The summed E-state index contributed by atoms with van der Waals surface area (Å²) in [6, 6.07) is -0.540. The number of nitrogens with one attached hydrogen (secondary N) is 2. The molecule has 0 aromatic rings. The van der Waals surface area contributed by atoms with Crippen LogP contribution >= 0.6 is 0 Å². The number of nitrogens with two attached hydrogens (primary N) is 1. The van der Waals surface area contributed by atoms with Gasteiger partial charge in [0.25, 0.3) is 0 Å². The van der Waals surface area contributed by atoms with Crippen LogP contribution in [0.5, 0.6) is 0 Å². The van der Waals surface area contributed by atoms with Gasteiger partial charge in [-0.3, -0.25) is 9.59 Å².